The lowest BCUT2D eigenvalue weighted by atomic mass is 10.0. The summed E-state index contributed by atoms with van der Waals surface area (Å²) in [6.07, 6.45) is 2.17. The molecular formula is C9H14ClN. The zero-order valence-corrected chi connectivity index (χ0v) is 7.86. The average molecular weight is 172 g/mol. The number of halogens is 1. The molecule has 1 nitrogen and oxygen atoms in total. The fourth-order valence-electron chi connectivity index (χ4n) is 1.59. The zero-order chi connectivity index (χ0) is 8.48. The molecule has 0 amide bonds. The zero-order valence-electron chi connectivity index (χ0n) is 7.10. The molecule has 0 unspecified atom stereocenters. The van der Waals surface area contributed by atoms with E-state index in [2.05, 4.69) is 19.9 Å². The van der Waals surface area contributed by atoms with Crippen molar-refractivity contribution in [2.24, 2.45) is 17.3 Å². The number of alkyl halides is 1. The van der Waals surface area contributed by atoms with Gasteiger partial charge < -0.3 is 0 Å². The number of hydrogen-bond donors (Lipinski definition) is 0. The normalized spacial score (nSPS) is 35.4. The molecule has 1 rings (SSSR count). The van der Waals surface area contributed by atoms with Crippen LogP contribution in [0.4, 0.5) is 0 Å². The van der Waals surface area contributed by atoms with Crippen molar-refractivity contribution >= 4 is 11.6 Å². The summed E-state index contributed by atoms with van der Waals surface area (Å²) in [5.74, 6) is 1.78. The molecule has 1 saturated carbocycles. The van der Waals surface area contributed by atoms with Crippen molar-refractivity contribution in [3.05, 3.63) is 0 Å². The van der Waals surface area contributed by atoms with Crippen molar-refractivity contribution < 1.29 is 0 Å². The van der Waals surface area contributed by atoms with Gasteiger partial charge in [0.2, 0.25) is 0 Å². The third kappa shape index (κ3) is 1.68. The van der Waals surface area contributed by atoms with Crippen LogP contribution in [0.25, 0.3) is 0 Å². The standard InChI is InChI=1S/C9H14ClN/c1-7(2)3-8-4-9(8,5-10)6-11/h7-8H,3-5H2,1-2H3/t8-,9+/m0/s1. The summed E-state index contributed by atoms with van der Waals surface area (Å²) < 4.78 is 0. The fourth-order valence-corrected chi connectivity index (χ4v) is 1.98. The lowest BCUT2D eigenvalue weighted by molar-refractivity contribution is 0.494. The van der Waals surface area contributed by atoms with Gasteiger partial charge in [-0.2, -0.15) is 5.26 Å². The highest BCUT2D eigenvalue weighted by Crippen LogP contribution is 2.55. The Balaban J connectivity index is 2.40. The quantitative estimate of drug-likeness (QED) is 0.600. The third-order valence-electron chi connectivity index (χ3n) is 2.45. The summed E-state index contributed by atoms with van der Waals surface area (Å²) in [6.45, 7) is 4.38. The summed E-state index contributed by atoms with van der Waals surface area (Å²) in [6, 6.07) is 2.33. The molecule has 1 aliphatic carbocycles. The first-order valence-corrected chi connectivity index (χ1v) is 4.65. The van der Waals surface area contributed by atoms with Gasteiger partial charge in [-0.25, -0.2) is 0 Å². The molecule has 0 aromatic heterocycles. The smallest absolute Gasteiger partial charge is 0.0741 e. The maximum absolute atomic E-state index is 8.81. The van der Waals surface area contributed by atoms with Crippen LogP contribution < -0.4 is 0 Å². The molecule has 1 fully saturated rings. The molecular weight excluding hydrogens is 158 g/mol. The van der Waals surface area contributed by atoms with Gasteiger partial charge in [0.1, 0.15) is 0 Å². The Morgan fingerprint density at radius 2 is 2.36 bits per heavy atom. The lowest BCUT2D eigenvalue weighted by Crippen LogP contribution is -2.04. The summed E-state index contributed by atoms with van der Waals surface area (Å²) in [4.78, 5) is 0. The number of rotatable bonds is 3. The highest BCUT2D eigenvalue weighted by molar-refractivity contribution is 6.18. The van der Waals surface area contributed by atoms with Crippen molar-refractivity contribution in [1.82, 2.24) is 0 Å². The van der Waals surface area contributed by atoms with Gasteiger partial charge in [-0.05, 0) is 24.7 Å². The van der Waals surface area contributed by atoms with Crippen molar-refractivity contribution in [1.29, 1.82) is 5.26 Å². The van der Waals surface area contributed by atoms with Crippen LogP contribution in [0.1, 0.15) is 26.7 Å². The second-order valence-electron chi connectivity index (χ2n) is 3.93. The summed E-state index contributed by atoms with van der Waals surface area (Å²) >= 11 is 5.71. The number of hydrogen-bond acceptors (Lipinski definition) is 1. The number of nitriles is 1. The van der Waals surface area contributed by atoms with Crippen LogP contribution in [-0.4, -0.2) is 5.88 Å². The molecule has 1 aliphatic rings. The van der Waals surface area contributed by atoms with Gasteiger partial charge in [0.25, 0.3) is 0 Å². The molecule has 0 radical (unpaired) electrons. The Morgan fingerprint density at radius 1 is 1.73 bits per heavy atom. The molecule has 11 heavy (non-hydrogen) atoms. The summed E-state index contributed by atoms with van der Waals surface area (Å²) in [5, 5.41) is 8.81. The second-order valence-corrected chi connectivity index (χ2v) is 4.20. The van der Waals surface area contributed by atoms with E-state index in [4.69, 9.17) is 16.9 Å². The lowest BCUT2D eigenvalue weighted by Gasteiger charge is -2.05. The second kappa shape index (κ2) is 3.03. The minimum atomic E-state index is -0.147. The summed E-state index contributed by atoms with van der Waals surface area (Å²) in [5.41, 5.74) is -0.147. The SMILES string of the molecule is CC(C)C[C@H]1C[C@]1(C#N)CCl. The van der Waals surface area contributed by atoms with Crippen LogP contribution in [0.5, 0.6) is 0 Å². The van der Waals surface area contributed by atoms with E-state index in [9.17, 15) is 0 Å². The Hall–Kier alpha value is -0.220. The molecule has 0 heterocycles. The van der Waals surface area contributed by atoms with Gasteiger partial charge in [0.15, 0.2) is 0 Å². The van der Waals surface area contributed by atoms with Crippen LogP contribution in [-0.2, 0) is 0 Å². The first-order chi connectivity index (χ1) is 5.14. The summed E-state index contributed by atoms with van der Waals surface area (Å²) in [7, 11) is 0. The van der Waals surface area contributed by atoms with Crippen molar-refractivity contribution in [3.8, 4) is 6.07 Å². The van der Waals surface area contributed by atoms with Gasteiger partial charge >= 0.3 is 0 Å². The van der Waals surface area contributed by atoms with E-state index < -0.39 is 0 Å². The molecule has 0 spiro atoms. The van der Waals surface area contributed by atoms with E-state index in [-0.39, 0.29) is 5.41 Å². The van der Waals surface area contributed by atoms with E-state index in [0.29, 0.717) is 17.7 Å². The van der Waals surface area contributed by atoms with Crippen molar-refractivity contribution in [3.63, 3.8) is 0 Å². The molecule has 62 valence electrons. The van der Waals surface area contributed by atoms with E-state index in [0.717, 1.165) is 12.8 Å². The predicted molar refractivity (Wildman–Crippen MR) is 46.3 cm³/mol. The van der Waals surface area contributed by atoms with E-state index in [1.165, 1.54) is 0 Å². The van der Waals surface area contributed by atoms with Crippen LogP contribution in [0.2, 0.25) is 0 Å². The van der Waals surface area contributed by atoms with Crippen LogP contribution in [0.3, 0.4) is 0 Å². The molecule has 2 heteroatoms. The Labute approximate surface area is 73.3 Å². The highest BCUT2D eigenvalue weighted by Gasteiger charge is 2.53. The van der Waals surface area contributed by atoms with Gasteiger partial charge in [-0.15, -0.1) is 11.6 Å². The number of nitrogens with zero attached hydrogens (tertiary/aromatic N) is 1. The monoisotopic (exact) mass is 171 g/mol. The van der Waals surface area contributed by atoms with Crippen LogP contribution >= 0.6 is 11.6 Å². The Kier molecular flexibility index (Phi) is 2.44. The van der Waals surface area contributed by atoms with Crippen LogP contribution in [0.15, 0.2) is 0 Å². The first kappa shape index (κ1) is 8.87. The third-order valence-corrected chi connectivity index (χ3v) is 2.93. The van der Waals surface area contributed by atoms with Gasteiger partial charge in [-0.3, -0.25) is 0 Å². The van der Waals surface area contributed by atoms with E-state index in [1.807, 2.05) is 0 Å². The Morgan fingerprint density at radius 3 is 2.64 bits per heavy atom. The maximum Gasteiger partial charge on any atom is 0.0741 e. The predicted octanol–water partition coefficient (Wildman–Crippen LogP) is 2.80. The van der Waals surface area contributed by atoms with Crippen LogP contribution in [0, 0.1) is 28.6 Å². The van der Waals surface area contributed by atoms with Gasteiger partial charge in [-0.1, -0.05) is 13.8 Å². The van der Waals surface area contributed by atoms with Gasteiger partial charge in [0.05, 0.1) is 11.5 Å². The largest absolute Gasteiger partial charge is 0.198 e. The molecule has 0 N–H and O–H groups in total. The van der Waals surface area contributed by atoms with E-state index in [1.54, 1.807) is 0 Å². The minimum absolute atomic E-state index is 0.147. The minimum Gasteiger partial charge on any atom is -0.198 e. The topological polar surface area (TPSA) is 23.8 Å². The molecule has 0 saturated heterocycles. The Bertz CT molecular complexity index is 182. The maximum atomic E-state index is 8.81. The van der Waals surface area contributed by atoms with E-state index >= 15 is 0 Å². The fraction of sp³-hybridized carbons (Fsp3) is 0.889. The first-order valence-electron chi connectivity index (χ1n) is 4.12. The molecule has 0 bridgehead atoms. The van der Waals surface area contributed by atoms with Crippen molar-refractivity contribution in [2.45, 2.75) is 26.7 Å². The molecule has 0 aromatic carbocycles. The van der Waals surface area contributed by atoms with Crippen molar-refractivity contribution in [2.75, 3.05) is 5.88 Å². The average Bonchev–Trinajstić information content (AvgIpc) is 2.63. The highest BCUT2D eigenvalue weighted by atomic mass is 35.5. The van der Waals surface area contributed by atoms with Gasteiger partial charge in [0, 0.05) is 5.88 Å². The molecule has 0 aromatic rings. The molecule has 0 aliphatic heterocycles. The molecule has 2 atom stereocenters.